The average molecular weight is 329 g/mol. The summed E-state index contributed by atoms with van der Waals surface area (Å²) >= 11 is 0. The fraction of sp³-hybridized carbons (Fsp3) is 0.650. The summed E-state index contributed by atoms with van der Waals surface area (Å²) < 4.78 is 0. The number of nitrogens with one attached hydrogen (secondary N) is 2. The van der Waals surface area contributed by atoms with Gasteiger partial charge < -0.3 is 10.6 Å². The van der Waals surface area contributed by atoms with Crippen LogP contribution in [-0.4, -0.2) is 36.5 Å². The van der Waals surface area contributed by atoms with Crippen molar-refractivity contribution in [2.75, 3.05) is 19.6 Å². The van der Waals surface area contributed by atoms with Crippen LogP contribution in [0.5, 0.6) is 0 Å². The second-order valence-corrected chi connectivity index (χ2v) is 7.28. The monoisotopic (exact) mass is 329 g/mol. The van der Waals surface area contributed by atoms with Gasteiger partial charge in [-0.05, 0) is 56.4 Å². The van der Waals surface area contributed by atoms with Crippen molar-refractivity contribution in [1.82, 2.24) is 15.5 Å². The van der Waals surface area contributed by atoms with Crippen molar-refractivity contribution in [3.63, 3.8) is 0 Å². The average Bonchev–Trinajstić information content (AvgIpc) is 2.96. The lowest BCUT2D eigenvalue weighted by molar-refractivity contribution is -0.121. The molecule has 2 aliphatic heterocycles. The molecule has 0 aromatic heterocycles. The van der Waals surface area contributed by atoms with Gasteiger partial charge in [-0.25, -0.2) is 0 Å². The minimum Gasteiger partial charge on any atom is -0.352 e. The van der Waals surface area contributed by atoms with Gasteiger partial charge in [0, 0.05) is 25.6 Å². The molecule has 0 bridgehead atoms. The van der Waals surface area contributed by atoms with Crippen molar-refractivity contribution in [2.45, 2.75) is 64.1 Å². The summed E-state index contributed by atoms with van der Waals surface area (Å²) in [7, 11) is 0. The summed E-state index contributed by atoms with van der Waals surface area (Å²) in [6.07, 6.45) is 8.35. The fourth-order valence-electron chi connectivity index (χ4n) is 3.74. The highest BCUT2D eigenvalue weighted by Crippen LogP contribution is 2.14. The van der Waals surface area contributed by atoms with E-state index in [-0.39, 0.29) is 5.91 Å². The van der Waals surface area contributed by atoms with E-state index in [1.165, 1.54) is 56.3 Å². The molecule has 132 valence electrons. The Bertz CT molecular complexity index is 500. The lowest BCUT2D eigenvalue weighted by atomic mass is 10.1. The van der Waals surface area contributed by atoms with Crippen LogP contribution in [0.25, 0.3) is 0 Å². The molecule has 2 heterocycles. The molecule has 0 spiro atoms. The maximum absolute atomic E-state index is 12.0. The number of rotatable bonds is 6. The van der Waals surface area contributed by atoms with Crippen LogP contribution < -0.4 is 10.6 Å². The molecule has 0 radical (unpaired) electrons. The van der Waals surface area contributed by atoms with E-state index in [1.807, 2.05) is 0 Å². The van der Waals surface area contributed by atoms with Crippen LogP contribution >= 0.6 is 0 Å². The quantitative estimate of drug-likeness (QED) is 0.843. The van der Waals surface area contributed by atoms with Crippen LogP contribution in [0, 0.1) is 0 Å². The third kappa shape index (κ3) is 5.60. The molecule has 1 amide bonds. The minimum atomic E-state index is 0.156. The Kier molecular flexibility index (Phi) is 6.67. The van der Waals surface area contributed by atoms with Crippen LogP contribution in [-0.2, 0) is 17.9 Å². The Hall–Kier alpha value is -1.39. The molecule has 2 aliphatic rings. The molecule has 1 unspecified atom stereocenters. The lowest BCUT2D eigenvalue weighted by Gasteiger charge is -2.19. The van der Waals surface area contributed by atoms with E-state index in [9.17, 15) is 4.79 Å². The van der Waals surface area contributed by atoms with Crippen LogP contribution in [0.2, 0.25) is 0 Å². The molecule has 1 aromatic carbocycles. The number of carbonyl (C=O) groups excluding carboxylic acids is 1. The molecule has 0 saturated carbocycles. The predicted octanol–water partition coefficient (Wildman–Crippen LogP) is 2.82. The van der Waals surface area contributed by atoms with Crippen LogP contribution in [0.4, 0.5) is 0 Å². The lowest BCUT2D eigenvalue weighted by Crippen LogP contribution is -2.31. The fourth-order valence-corrected chi connectivity index (χ4v) is 3.74. The largest absolute Gasteiger partial charge is 0.352 e. The van der Waals surface area contributed by atoms with Crippen LogP contribution in [0.1, 0.15) is 56.1 Å². The molecule has 2 saturated heterocycles. The van der Waals surface area contributed by atoms with Gasteiger partial charge in [-0.1, -0.05) is 37.1 Å². The second-order valence-electron chi connectivity index (χ2n) is 7.28. The minimum absolute atomic E-state index is 0.156. The van der Waals surface area contributed by atoms with Crippen molar-refractivity contribution in [1.29, 1.82) is 0 Å². The Morgan fingerprint density at radius 1 is 1.04 bits per heavy atom. The van der Waals surface area contributed by atoms with Crippen molar-refractivity contribution in [3.8, 4) is 0 Å². The SMILES string of the molecule is O=C(CC1CCCN1)NCc1ccc(CN2CCCCCC2)cc1. The van der Waals surface area contributed by atoms with Gasteiger partial charge >= 0.3 is 0 Å². The number of carbonyl (C=O) groups is 1. The highest BCUT2D eigenvalue weighted by molar-refractivity contribution is 5.76. The highest BCUT2D eigenvalue weighted by Gasteiger charge is 2.17. The first-order valence-electron chi connectivity index (χ1n) is 9.60. The molecule has 2 fully saturated rings. The Morgan fingerprint density at radius 3 is 2.42 bits per heavy atom. The van der Waals surface area contributed by atoms with E-state index >= 15 is 0 Å². The molecule has 4 heteroatoms. The molecule has 4 nitrogen and oxygen atoms in total. The Balaban J connectivity index is 1.41. The predicted molar refractivity (Wildman–Crippen MR) is 97.7 cm³/mol. The van der Waals surface area contributed by atoms with Gasteiger partial charge in [0.05, 0.1) is 0 Å². The van der Waals surface area contributed by atoms with Gasteiger partial charge in [0.25, 0.3) is 0 Å². The first-order chi connectivity index (χ1) is 11.8. The molecular formula is C20H31N3O. The van der Waals surface area contributed by atoms with E-state index in [1.54, 1.807) is 0 Å². The van der Waals surface area contributed by atoms with Gasteiger partial charge in [0.2, 0.25) is 5.91 Å². The van der Waals surface area contributed by atoms with Gasteiger partial charge in [0.15, 0.2) is 0 Å². The molecule has 2 N–H and O–H groups in total. The summed E-state index contributed by atoms with van der Waals surface area (Å²) in [4.78, 5) is 14.5. The molecule has 1 atom stereocenters. The van der Waals surface area contributed by atoms with Gasteiger partial charge in [-0.3, -0.25) is 9.69 Å². The number of amides is 1. The maximum atomic E-state index is 12.0. The van der Waals surface area contributed by atoms with Crippen LogP contribution in [0.3, 0.4) is 0 Å². The zero-order chi connectivity index (χ0) is 16.6. The van der Waals surface area contributed by atoms with Crippen LogP contribution in [0.15, 0.2) is 24.3 Å². The standard InChI is InChI=1S/C20H31N3O/c24-20(14-19-6-5-11-21-19)22-15-17-7-9-18(10-8-17)16-23-12-3-1-2-4-13-23/h7-10,19,21H,1-6,11-16H2,(H,22,24). The van der Waals surface area contributed by atoms with Crippen molar-refractivity contribution >= 4 is 5.91 Å². The number of nitrogens with zero attached hydrogens (tertiary/aromatic N) is 1. The number of benzene rings is 1. The highest BCUT2D eigenvalue weighted by atomic mass is 16.1. The van der Waals surface area contributed by atoms with E-state index in [2.05, 4.69) is 39.8 Å². The van der Waals surface area contributed by atoms with E-state index in [0.29, 0.717) is 19.0 Å². The van der Waals surface area contributed by atoms with Crippen molar-refractivity contribution < 1.29 is 4.79 Å². The van der Waals surface area contributed by atoms with E-state index in [0.717, 1.165) is 19.5 Å². The van der Waals surface area contributed by atoms with Crippen molar-refractivity contribution in [3.05, 3.63) is 35.4 Å². The normalized spacial score (nSPS) is 22.2. The number of hydrogen-bond donors (Lipinski definition) is 2. The Labute approximate surface area is 146 Å². The maximum Gasteiger partial charge on any atom is 0.221 e. The van der Waals surface area contributed by atoms with Crippen molar-refractivity contribution in [2.24, 2.45) is 0 Å². The molecular weight excluding hydrogens is 298 g/mol. The first-order valence-corrected chi connectivity index (χ1v) is 9.60. The topological polar surface area (TPSA) is 44.4 Å². The third-order valence-electron chi connectivity index (χ3n) is 5.21. The zero-order valence-corrected chi connectivity index (χ0v) is 14.7. The Morgan fingerprint density at radius 2 is 1.75 bits per heavy atom. The second kappa shape index (κ2) is 9.19. The van der Waals surface area contributed by atoms with Gasteiger partial charge in [-0.15, -0.1) is 0 Å². The summed E-state index contributed by atoms with van der Waals surface area (Å²) in [5.74, 6) is 0.156. The van der Waals surface area contributed by atoms with E-state index < -0.39 is 0 Å². The molecule has 24 heavy (non-hydrogen) atoms. The van der Waals surface area contributed by atoms with E-state index in [4.69, 9.17) is 0 Å². The first kappa shape index (κ1) is 17.4. The summed E-state index contributed by atoms with van der Waals surface area (Å²) in [5.41, 5.74) is 2.56. The summed E-state index contributed by atoms with van der Waals surface area (Å²) in [6.45, 7) is 5.20. The zero-order valence-electron chi connectivity index (χ0n) is 14.7. The number of hydrogen-bond acceptors (Lipinski definition) is 3. The molecule has 3 rings (SSSR count). The summed E-state index contributed by atoms with van der Waals surface area (Å²) in [6, 6.07) is 9.11. The number of likely N-dealkylation sites (tertiary alicyclic amines) is 1. The third-order valence-corrected chi connectivity index (χ3v) is 5.21. The molecule has 1 aromatic rings. The molecule has 0 aliphatic carbocycles. The van der Waals surface area contributed by atoms with Gasteiger partial charge in [0.1, 0.15) is 0 Å². The van der Waals surface area contributed by atoms with Gasteiger partial charge in [-0.2, -0.15) is 0 Å². The summed E-state index contributed by atoms with van der Waals surface area (Å²) in [5, 5.41) is 6.42. The smallest absolute Gasteiger partial charge is 0.221 e.